The molecule has 0 saturated carbocycles. The molecule has 35 heavy (non-hydrogen) atoms. The van der Waals surface area contributed by atoms with Gasteiger partial charge in [-0.1, -0.05) is 29.8 Å². The average Bonchev–Trinajstić information content (AvgIpc) is 3.10. The van der Waals surface area contributed by atoms with Gasteiger partial charge in [-0.15, -0.1) is 0 Å². The van der Waals surface area contributed by atoms with Crippen molar-refractivity contribution in [3.8, 4) is 0 Å². The van der Waals surface area contributed by atoms with Crippen LogP contribution < -0.4 is 0 Å². The fourth-order valence-electron chi connectivity index (χ4n) is 3.28. The number of fused-ring (bicyclic) bond motifs is 1. The van der Waals surface area contributed by atoms with Crippen LogP contribution in [0.25, 0.3) is 0 Å². The summed E-state index contributed by atoms with van der Waals surface area (Å²) in [6, 6.07) is 9.03. The second-order valence-electron chi connectivity index (χ2n) is 7.47. The van der Waals surface area contributed by atoms with Crippen molar-refractivity contribution in [2.24, 2.45) is 7.05 Å². The Morgan fingerprint density at radius 3 is 2.11 bits per heavy atom. The van der Waals surface area contributed by atoms with E-state index in [9.17, 15) is 26.3 Å². The quantitative estimate of drug-likeness (QED) is 0.601. The Hall–Kier alpha value is -3.13. The zero-order valence-corrected chi connectivity index (χ0v) is 19.0. The summed E-state index contributed by atoms with van der Waals surface area (Å²) >= 11 is 0. The summed E-state index contributed by atoms with van der Waals surface area (Å²) in [7, 11) is 3.80. The topological polar surface area (TPSA) is 105 Å². The predicted octanol–water partition coefficient (Wildman–Crippen LogP) is 3.74. The fourth-order valence-corrected chi connectivity index (χ4v) is 3.28. The molecule has 0 bridgehead atoms. The van der Waals surface area contributed by atoms with Crippen molar-refractivity contribution < 1.29 is 50.9 Å². The van der Waals surface area contributed by atoms with Crippen LogP contribution in [-0.4, -0.2) is 69.4 Å². The molecule has 0 fully saturated rings. The molecule has 1 aliphatic heterocycles. The zero-order valence-electron chi connectivity index (χ0n) is 19.0. The maximum atomic E-state index is 10.6. The molecule has 2 N–H and O–H groups in total. The lowest BCUT2D eigenvalue weighted by Crippen LogP contribution is -2.38. The Labute approximate surface area is 196 Å². The number of ether oxygens (including phenoxy) is 1. The molecule has 3 rings (SSSR count). The number of benzene rings is 1. The van der Waals surface area contributed by atoms with E-state index in [1.165, 1.54) is 22.4 Å². The van der Waals surface area contributed by atoms with Gasteiger partial charge in [0.1, 0.15) is 0 Å². The number of aryl methyl sites for hydroxylation is 2. The standard InChI is InChI=1S/C17H23N3O.2C2HF3O2/c1-13-5-4-6-14(9-13)11-20-8-7-15-10-18-19(2)17(15)16(20)12-21-3;2*3-2(4,5)1(6)7/h4-6,9-10,16H,7-8,11-12H2,1-3H3;2*(H,6,7). The van der Waals surface area contributed by atoms with Crippen molar-refractivity contribution >= 4 is 11.9 Å². The molecular formula is C21H25F6N3O5. The summed E-state index contributed by atoms with van der Waals surface area (Å²) in [6.45, 7) is 4.87. The van der Waals surface area contributed by atoms with E-state index in [1.807, 2.05) is 17.9 Å². The Bertz CT molecular complexity index is 967. The number of carboxylic acid groups (broad SMARTS) is 2. The summed E-state index contributed by atoms with van der Waals surface area (Å²) in [5.41, 5.74) is 5.34. The van der Waals surface area contributed by atoms with E-state index in [-0.39, 0.29) is 6.04 Å². The highest BCUT2D eigenvalue weighted by Crippen LogP contribution is 2.30. The molecular weight excluding hydrogens is 488 g/mol. The third-order valence-electron chi connectivity index (χ3n) is 4.77. The number of nitrogens with zero attached hydrogens (tertiary/aromatic N) is 3. The Kier molecular flexibility index (Phi) is 10.7. The second-order valence-corrected chi connectivity index (χ2v) is 7.47. The molecule has 0 saturated heterocycles. The number of hydrogen-bond acceptors (Lipinski definition) is 5. The number of carboxylic acids is 2. The number of rotatable bonds is 4. The molecule has 0 spiro atoms. The van der Waals surface area contributed by atoms with Crippen LogP contribution in [0.15, 0.2) is 30.5 Å². The average molecular weight is 513 g/mol. The van der Waals surface area contributed by atoms with Crippen LogP contribution in [0.5, 0.6) is 0 Å². The number of aromatic nitrogens is 2. The number of hydrogen-bond donors (Lipinski definition) is 2. The molecule has 2 aromatic rings. The summed E-state index contributed by atoms with van der Waals surface area (Å²) in [5, 5.41) is 18.7. The minimum Gasteiger partial charge on any atom is -0.475 e. The van der Waals surface area contributed by atoms with Crippen LogP contribution >= 0.6 is 0 Å². The van der Waals surface area contributed by atoms with Crippen molar-refractivity contribution in [2.45, 2.75) is 38.3 Å². The van der Waals surface area contributed by atoms with Gasteiger partial charge in [-0.3, -0.25) is 9.58 Å². The molecule has 0 radical (unpaired) electrons. The highest BCUT2D eigenvalue weighted by molar-refractivity contribution is 5.73. The van der Waals surface area contributed by atoms with Crippen LogP contribution in [0.1, 0.15) is 28.4 Å². The number of methoxy groups -OCH3 is 1. The minimum atomic E-state index is -5.08. The van der Waals surface area contributed by atoms with E-state index in [0.29, 0.717) is 6.61 Å². The third-order valence-corrected chi connectivity index (χ3v) is 4.77. The van der Waals surface area contributed by atoms with Crippen LogP contribution in [0.2, 0.25) is 0 Å². The molecule has 0 amide bonds. The highest BCUT2D eigenvalue weighted by atomic mass is 19.4. The first-order chi connectivity index (χ1) is 16.1. The molecule has 2 heterocycles. The van der Waals surface area contributed by atoms with E-state index in [4.69, 9.17) is 24.5 Å². The van der Waals surface area contributed by atoms with Crippen molar-refractivity contribution in [3.05, 3.63) is 52.8 Å². The van der Waals surface area contributed by atoms with Gasteiger partial charge >= 0.3 is 24.3 Å². The first kappa shape index (κ1) is 29.9. The third kappa shape index (κ3) is 9.56. The molecule has 1 aromatic heterocycles. The Balaban J connectivity index is 0.000000362. The van der Waals surface area contributed by atoms with Gasteiger partial charge in [-0.05, 0) is 24.5 Å². The lowest BCUT2D eigenvalue weighted by molar-refractivity contribution is -0.193. The maximum absolute atomic E-state index is 10.6. The van der Waals surface area contributed by atoms with Crippen molar-refractivity contribution in [2.75, 3.05) is 20.3 Å². The van der Waals surface area contributed by atoms with Crippen LogP contribution in [0.3, 0.4) is 0 Å². The Morgan fingerprint density at radius 1 is 1.11 bits per heavy atom. The number of aliphatic carboxylic acids is 2. The van der Waals surface area contributed by atoms with Gasteiger partial charge in [0.2, 0.25) is 0 Å². The summed E-state index contributed by atoms with van der Waals surface area (Å²) in [5.74, 6) is -5.51. The lowest BCUT2D eigenvalue weighted by atomic mass is 9.99. The van der Waals surface area contributed by atoms with E-state index in [0.717, 1.165) is 19.5 Å². The molecule has 196 valence electrons. The number of halogens is 6. The van der Waals surface area contributed by atoms with E-state index in [1.54, 1.807) is 7.11 Å². The molecule has 1 aromatic carbocycles. The molecule has 1 unspecified atom stereocenters. The Morgan fingerprint density at radius 2 is 1.66 bits per heavy atom. The van der Waals surface area contributed by atoms with Crippen molar-refractivity contribution in [1.82, 2.24) is 14.7 Å². The summed E-state index contributed by atoms with van der Waals surface area (Å²) < 4.78 is 70.9. The molecule has 14 heteroatoms. The normalized spacial score (nSPS) is 15.7. The van der Waals surface area contributed by atoms with Gasteiger partial charge in [0.25, 0.3) is 0 Å². The van der Waals surface area contributed by atoms with E-state index in [2.05, 4.69) is 41.2 Å². The van der Waals surface area contributed by atoms with Gasteiger partial charge in [-0.2, -0.15) is 31.4 Å². The number of alkyl halides is 6. The second kappa shape index (κ2) is 12.5. The van der Waals surface area contributed by atoms with E-state index < -0.39 is 24.3 Å². The molecule has 0 aliphatic carbocycles. The smallest absolute Gasteiger partial charge is 0.475 e. The fraction of sp³-hybridized carbons (Fsp3) is 0.476. The first-order valence-corrected chi connectivity index (χ1v) is 9.97. The van der Waals surface area contributed by atoms with Gasteiger partial charge in [0.15, 0.2) is 0 Å². The highest BCUT2D eigenvalue weighted by Gasteiger charge is 2.39. The minimum absolute atomic E-state index is 0.284. The maximum Gasteiger partial charge on any atom is 0.490 e. The van der Waals surface area contributed by atoms with Crippen LogP contribution in [0.4, 0.5) is 26.3 Å². The summed E-state index contributed by atoms with van der Waals surface area (Å²) in [4.78, 5) is 20.3. The summed E-state index contributed by atoms with van der Waals surface area (Å²) in [6.07, 6.45) is -7.10. The molecule has 1 aliphatic rings. The van der Waals surface area contributed by atoms with Crippen LogP contribution in [0, 0.1) is 6.92 Å². The zero-order chi connectivity index (χ0) is 27.0. The SMILES string of the molecule is COCC1c2c(cnn2C)CCN1Cc1cccc(C)c1.O=C(O)C(F)(F)F.O=C(O)C(F)(F)F. The van der Waals surface area contributed by atoms with Crippen molar-refractivity contribution in [1.29, 1.82) is 0 Å². The van der Waals surface area contributed by atoms with E-state index >= 15 is 0 Å². The van der Waals surface area contributed by atoms with Gasteiger partial charge in [0.05, 0.1) is 24.5 Å². The first-order valence-electron chi connectivity index (χ1n) is 9.97. The van der Waals surface area contributed by atoms with Gasteiger partial charge in [0, 0.05) is 27.2 Å². The molecule has 8 nitrogen and oxygen atoms in total. The predicted molar refractivity (Wildman–Crippen MR) is 110 cm³/mol. The monoisotopic (exact) mass is 513 g/mol. The van der Waals surface area contributed by atoms with Gasteiger partial charge in [-0.25, -0.2) is 9.59 Å². The lowest BCUT2D eigenvalue weighted by Gasteiger charge is -2.35. The van der Waals surface area contributed by atoms with Crippen molar-refractivity contribution in [3.63, 3.8) is 0 Å². The number of carbonyl (C=O) groups is 2. The van der Waals surface area contributed by atoms with Crippen LogP contribution in [-0.2, 0) is 34.3 Å². The van der Waals surface area contributed by atoms with Gasteiger partial charge < -0.3 is 14.9 Å². The molecule has 1 atom stereocenters. The largest absolute Gasteiger partial charge is 0.490 e.